The third kappa shape index (κ3) is 7.81. The first-order chi connectivity index (χ1) is 5.31. The topological polar surface area (TPSA) is 46.5 Å². The monoisotopic (exact) mass is 208 g/mol. The molecule has 0 heterocycles. The zero-order chi connectivity index (χ0) is 9.78. The van der Waals surface area contributed by atoms with Crippen molar-refractivity contribution in [3.63, 3.8) is 0 Å². The van der Waals surface area contributed by atoms with E-state index < -0.39 is 5.97 Å². The van der Waals surface area contributed by atoms with Gasteiger partial charge in [0.25, 0.3) is 0 Å². The Morgan fingerprint density at radius 3 is 2.42 bits per heavy atom. The molecule has 0 amide bonds. The van der Waals surface area contributed by atoms with Crippen LogP contribution >= 0.6 is 24.0 Å². The minimum atomic E-state index is -0.889. The smallest absolute Gasteiger partial charge is 0.313 e. The average Bonchev–Trinajstić information content (AvgIpc) is 1.79. The number of rotatable bonds is 2. The predicted octanol–water partition coefficient (Wildman–Crippen LogP) is 1.90. The molecule has 0 bridgehead atoms. The third-order valence-electron chi connectivity index (χ3n) is 0.703. The predicted molar refractivity (Wildman–Crippen MR) is 53.5 cm³/mol. The molecule has 0 aromatic carbocycles. The summed E-state index contributed by atoms with van der Waals surface area (Å²) in [5.41, 5.74) is -0.345. The van der Waals surface area contributed by atoms with Gasteiger partial charge in [0.1, 0.15) is 5.60 Å². The van der Waals surface area contributed by atoms with Crippen LogP contribution in [0, 0.1) is 0 Å². The molecule has 0 aliphatic heterocycles. The fourth-order valence-electron chi connectivity index (χ4n) is 0.400. The first kappa shape index (κ1) is 11.7. The van der Waals surface area contributed by atoms with E-state index in [0.717, 1.165) is 11.8 Å². The molecule has 0 unspecified atom stereocenters. The SMILES string of the molecule is CC(C)(C)OC(=S)SCC(=O)O. The maximum Gasteiger partial charge on any atom is 0.313 e. The lowest BCUT2D eigenvalue weighted by molar-refractivity contribution is -0.133. The summed E-state index contributed by atoms with van der Waals surface area (Å²) >= 11 is 5.82. The first-order valence-corrected chi connectivity index (χ1v) is 4.78. The number of ether oxygens (including phenoxy) is 1. The molecule has 12 heavy (non-hydrogen) atoms. The van der Waals surface area contributed by atoms with E-state index in [9.17, 15) is 4.79 Å². The van der Waals surface area contributed by atoms with Crippen molar-refractivity contribution < 1.29 is 14.6 Å². The van der Waals surface area contributed by atoms with Crippen LogP contribution in [0.5, 0.6) is 0 Å². The largest absolute Gasteiger partial charge is 0.481 e. The molecule has 0 saturated carbocycles. The molecule has 0 fully saturated rings. The Kier molecular flexibility index (Phi) is 4.55. The summed E-state index contributed by atoms with van der Waals surface area (Å²) in [6.45, 7) is 5.59. The molecule has 0 aliphatic rings. The standard InChI is InChI=1S/C7H12O3S2/c1-7(2,3)10-6(11)12-4-5(8)9/h4H2,1-3H3,(H,8,9). The Balaban J connectivity index is 3.68. The fourth-order valence-corrected chi connectivity index (χ4v) is 1.38. The number of thioether (sulfide) groups is 1. The molecule has 0 aromatic rings. The first-order valence-electron chi connectivity index (χ1n) is 3.39. The van der Waals surface area contributed by atoms with Crippen molar-refractivity contribution in [3.05, 3.63) is 0 Å². The number of thiocarbonyl (C=S) groups is 1. The quantitative estimate of drug-likeness (QED) is 0.702. The highest BCUT2D eigenvalue weighted by Gasteiger charge is 2.14. The molecule has 0 spiro atoms. The highest BCUT2D eigenvalue weighted by Crippen LogP contribution is 2.14. The molecular weight excluding hydrogens is 196 g/mol. The van der Waals surface area contributed by atoms with Gasteiger partial charge in [0.15, 0.2) is 0 Å². The van der Waals surface area contributed by atoms with Crippen LogP contribution in [0.25, 0.3) is 0 Å². The Hall–Kier alpha value is -0.290. The van der Waals surface area contributed by atoms with Crippen molar-refractivity contribution in [2.45, 2.75) is 26.4 Å². The minimum absolute atomic E-state index is 0.0467. The van der Waals surface area contributed by atoms with Gasteiger partial charge in [0.05, 0.1) is 5.75 Å². The van der Waals surface area contributed by atoms with Crippen molar-refractivity contribution in [2.24, 2.45) is 0 Å². The third-order valence-corrected chi connectivity index (χ3v) is 1.85. The van der Waals surface area contributed by atoms with Crippen LogP contribution in [-0.2, 0) is 9.53 Å². The summed E-state index contributed by atoms with van der Waals surface area (Å²) in [7, 11) is 0. The van der Waals surface area contributed by atoms with E-state index in [4.69, 9.17) is 22.1 Å². The second-order valence-corrected chi connectivity index (χ2v) is 4.72. The van der Waals surface area contributed by atoms with Crippen molar-refractivity contribution in [2.75, 3.05) is 5.75 Å². The Bertz CT molecular complexity index is 184. The Labute approximate surface area is 81.5 Å². The van der Waals surface area contributed by atoms with Crippen LogP contribution in [0.1, 0.15) is 20.8 Å². The molecule has 0 rings (SSSR count). The van der Waals surface area contributed by atoms with Crippen LogP contribution < -0.4 is 0 Å². The van der Waals surface area contributed by atoms with Gasteiger partial charge in [0.2, 0.25) is 4.38 Å². The van der Waals surface area contributed by atoms with E-state index in [1.165, 1.54) is 0 Å². The summed E-state index contributed by atoms with van der Waals surface area (Å²) in [6, 6.07) is 0. The lowest BCUT2D eigenvalue weighted by atomic mass is 10.2. The van der Waals surface area contributed by atoms with Crippen LogP contribution in [0.15, 0.2) is 0 Å². The van der Waals surface area contributed by atoms with Crippen LogP contribution in [0.2, 0.25) is 0 Å². The molecule has 0 aromatic heterocycles. The maximum absolute atomic E-state index is 10.1. The van der Waals surface area contributed by atoms with Gasteiger partial charge in [-0.15, -0.1) is 0 Å². The van der Waals surface area contributed by atoms with Crippen molar-refractivity contribution in [1.29, 1.82) is 0 Å². The molecule has 0 atom stereocenters. The summed E-state index contributed by atoms with van der Waals surface area (Å²) < 4.78 is 5.50. The van der Waals surface area contributed by atoms with E-state index >= 15 is 0 Å². The second kappa shape index (κ2) is 4.67. The van der Waals surface area contributed by atoms with Crippen molar-refractivity contribution in [1.82, 2.24) is 0 Å². The number of carbonyl (C=O) groups is 1. The summed E-state index contributed by atoms with van der Waals surface area (Å²) in [5, 5.41) is 8.32. The van der Waals surface area contributed by atoms with Gasteiger partial charge in [-0.2, -0.15) is 0 Å². The Morgan fingerprint density at radius 1 is 1.58 bits per heavy atom. The number of carboxylic acid groups (broad SMARTS) is 1. The number of hydrogen-bond donors (Lipinski definition) is 1. The van der Waals surface area contributed by atoms with Crippen molar-refractivity contribution in [3.8, 4) is 0 Å². The van der Waals surface area contributed by atoms with E-state index in [-0.39, 0.29) is 15.7 Å². The molecule has 0 aliphatic carbocycles. The second-order valence-electron chi connectivity index (χ2n) is 3.15. The van der Waals surface area contributed by atoms with E-state index in [2.05, 4.69) is 0 Å². The van der Waals surface area contributed by atoms with Crippen LogP contribution in [-0.4, -0.2) is 26.8 Å². The van der Waals surface area contributed by atoms with Gasteiger partial charge in [0, 0.05) is 0 Å². The van der Waals surface area contributed by atoms with Crippen molar-refractivity contribution >= 4 is 34.3 Å². The lowest BCUT2D eigenvalue weighted by Crippen LogP contribution is -2.21. The van der Waals surface area contributed by atoms with Gasteiger partial charge >= 0.3 is 5.97 Å². The molecule has 3 nitrogen and oxygen atoms in total. The Morgan fingerprint density at radius 2 is 2.08 bits per heavy atom. The van der Waals surface area contributed by atoms with Gasteiger partial charge in [-0.05, 0) is 33.0 Å². The normalized spacial score (nSPS) is 10.9. The summed E-state index contributed by atoms with van der Waals surface area (Å²) in [6.07, 6.45) is 0. The average molecular weight is 208 g/mol. The lowest BCUT2D eigenvalue weighted by Gasteiger charge is -2.20. The van der Waals surface area contributed by atoms with Gasteiger partial charge < -0.3 is 9.84 Å². The number of aliphatic carboxylic acids is 1. The summed E-state index contributed by atoms with van der Waals surface area (Å²) in [5.74, 6) is -0.936. The van der Waals surface area contributed by atoms with E-state index in [1.54, 1.807) is 0 Å². The highest BCUT2D eigenvalue weighted by atomic mass is 32.2. The highest BCUT2D eigenvalue weighted by molar-refractivity contribution is 8.23. The molecule has 70 valence electrons. The molecule has 0 saturated heterocycles. The zero-order valence-corrected chi connectivity index (χ0v) is 8.92. The van der Waals surface area contributed by atoms with Gasteiger partial charge in [-0.1, -0.05) is 11.8 Å². The molecule has 1 N–H and O–H groups in total. The molecular formula is C7H12O3S2. The van der Waals surface area contributed by atoms with E-state index in [1.807, 2.05) is 20.8 Å². The van der Waals surface area contributed by atoms with E-state index in [0.29, 0.717) is 0 Å². The number of hydrogen-bond acceptors (Lipinski definition) is 4. The van der Waals surface area contributed by atoms with Crippen LogP contribution in [0.3, 0.4) is 0 Å². The molecule has 5 heteroatoms. The number of carboxylic acids is 1. The van der Waals surface area contributed by atoms with Gasteiger partial charge in [-0.3, -0.25) is 4.79 Å². The minimum Gasteiger partial charge on any atom is -0.481 e. The van der Waals surface area contributed by atoms with Crippen LogP contribution in [0.4, 0.5) is 0 Å². The molecule has 0 radical (unpaired) electrons. The summed E-state index contributed by atoms with van der Waals surface area (Å²) in [4.78, 5) is 10.1. The maximum atomic E-state index is 10.1. The zero-order valence-electron chi connectivity index (χ0n) is 7.29. The fraction of sp³-hybridized carbons (Fsp3) is 0.714. The van der Waals surface area contributed by atoms with Gasteiger partial charge in [-0.25, -0.2) is 0 Å².